The van der Waals surface area contributed by atoms with Crippen LogP contribution in [-0.2, 0) is 20.2 Å². The van der Waals surface area contributed by atoms with Gasteiger partial charge in [-0.25, -0.2) is 13.2 Å². The number of rotatable bonds is 7. The highest BCUT2D eigenvalue weighted by Crippen LogP contribution is 2.40. The molecule has 0 unspecified atom stereocenters. The Labute approximate surface area is 181 Å². The van der Waals surface area contributed by atoms with Crippen molar-refractivity contribution in [1.82, 2.24) is 4.90 Å². The van der Waals surface area contributed by atoms with Crippen molar-refractivity contribution in [2.45, 2.75) is 37.8 Å². The Bertz CT molecular complexity index is 947. The fourth-order valence-electron chi connectivity index (χ4n) is 3.83. The topological polar surface area (TPSA) is 63.7 Å². The number of halogens is 1. The first kappa shape index (κ1) is 21.8. The summed E-state index contributed by atoms with van der Waals surface area (Å²) in [7, 11) is -3.07. The molecule has 7 heteroatoms. The van der Waals surface area contributed by atoms with Gasteiger partial charge in [0.25, 0.3) is 0 Å². The Morgan fingerprint density at radius 3 is 2.38 bits per heavy atom. The maximum absolute atomic E-state index is 13.0. The minimum absolute atomic E-state index is 0.0815. The van der Waals surface area contributed by atoms with Gasteiger partial charge in [0.2, 0.25) is 0 Å². The van der Waals surface area contributed by atoms with Gasteiger partial charge < -0.3 is 9.64 Å². The van der Waals surface area contributed by atoms with Crippen molar-refractivity contribution < 1.29 is 17.9 Å². The predicted molar refractivity (Wildman–Crippen MR) is 117 cm³/mol. The number of hydrogen-bond acceptors (Lipinski definition) is 4. The van der Waals surface area contributed by atoms with Crippen LogP contribution in [0.2, 0.25) is 0 Å². The van der Waals surface area contributed by atoms with Gasteiger partial charge in [0.15, 0.2) is 0 Å². The van der Waals surface area contributed by atoms with E-state index in [0.29, 0.717) is 25.8 Å². The summed E-state index contributed by atoms with van der Waals surface area (Å²) in [6, 6.07) is 17.4. The fraction of sp³-hybridized carbons (Fsp3) is 0.409. The van der Waals surface area contributed by atoms with Crippen LogP contribution in [0.1, 0.15) is 43.4 Å². The van der Waals surface area contributed by atoms with E-state index in [1.165, 1.54) is 6.26 Å². The lowest BCUT2D eigenvalue weighted by atomic mass is 9.84. The van der Waals surface area contributed by atoms with Gasteiger partial charge in [0, 0.05) is 23.7 Å². The van der Waals surface area contributed by atoms with E-state index in [0.717, 1.165) is 15.6 Å². The summed E-state index contributed by atoms with van der Waals surface area (Å²) in [5.41, 5.74) is 1.16. The van der Waals surface area contributed by atoms with E-state index < -0.39 is 15.4 Å². The predicted octanol–water partition coefficient (Wildman–Crippen LogP) is 5.07. The largest absolute Gasteiger partial charge is 0.438 e. The van der Waals surface area contributed by atoms with Gasteiger partial charge in [0.05, 0.1) is 11.8 Å². The first-order valence-electron chi connectivity index (χ1n) is 9.68. The van der Waals surface area contributed by atoms with Crippen molar-refractivity contribution in [3.8, 4) is 0 Å². The van der Waals surface area contributed by atoms with Gasteiger partial charge in [-0.1, -0.05) is 58.4 Å². The molecule has 0 spiro atoms. The average molecular weight is 480 g/mol. The Morgan fingerprint density at radius 1 is 1.14 bits per heavy atom. The van der Waals surface area contributed by atoms with Crippen LogP contribution in [0.3, 0.4) is 0 Å². The van der Waals surface area contributed by atoms with Gasteiger partial charge in [-0.15, -0.1) is 0 Å². The van der Waals surface area contributed by atoms with E-state index in [-0.39, 0.29) is 17.9 Å². The lowest BCUT2D eigenvalue weighted by molar-refractivity contribution is -0.0657. The molecule has 2 atom stereocenters. The average Bonchev–Trinajstić information content (AvgIpc) is 2.68. The standard InChI is InChI=1S/C22H26BrNO4S/c1-17(18-9-11-20(23)12-10-18)24-15-14-22(28-21(24)25,13-6-16-29(2,26)27)19-7-4-3-5-8-19/h3-5,7-12,17H,6,13-16H2,1-2H3/t17-,22+/m0/s1. The molecular weight excluding hydrogens is 454 g/mol. The number of carbonyl (C=O) groups excluding carboxylic acids is 1. The van der Waals surface area contributed by atoms with Crippen molar-refractivity contribution in [3.63, 3.8) is 0 Å². The molecule has 0 aromatic heterocycles. The summed E-state index contributed by atoms with van der Waals surface area (Å²) in [5, 5.41) is 0. The van der Waals surface area contributed by atoms with Gasteiger partial charge in [-0.2, -0.15) is 0 Å². The number of carbonyl (C=O) groups is 1. The molecule has 0 bridgehead atoms. The molecule has 1 heterocycles. The number of ether oxygens (including phenoxy) is 1. The Hall–Kier alpha value is -1.86. The fourth-order valence-corrected chi connectivity index (χ4v) is 4.76. The molecule has 2 aromatic rings. The van der Waals surface area contributed by atoms with Crippen molar-refractivity contribution in [2.75, 3.05) is 18.6 Å². The molecule has 1 saturated heterocycles. The zero-order valence-corrected chi connectivity index (χ0v) is 19.1. The molecule has 1 amide bonds. The molecule has 1 fully saturated rings. The molecule has 1 aliphatic heterocycles. The van der Waals surface area contributed by atoms with Gasteiger partial charge in [-0.05, 0) is 43.0 Å². The van der Waals surface area contributed by atoms with Crippen LogP contribution in [0.15, 0.2) is 59.1 Å². The summed E-state index contributed by atoms with van der Waals surface area (Å²) >= 11 is 3.43. The maximum Gasteiger partial charge on any atom is 0.411 e. The van der Waals surface area contributed by atoms with Crippen molar-refractivity contribution in [2.24, 2.45) is 0 Å². The van der Waals surface area contributed by atoms with Crippen LogP contribution in [0.5, 0.6) is 0 Å². The van der Waals surface area contributed by atoms with E-state index in [9.17, 15) is 13.2 Å². The number of benzene rings is 2. The van der Waals surface area contributed by atoms with E-state index >= 15 is 0 Å². The quantitative estimate of drug-likeness (QED) is 0.555. The monoisotopic (exact) mass is 479 g/mol. The zero-order valence-electron chi connectivity index (χ0n) is 16.7. The highest BCUT2D eigenvalue weighted by Gasteiger charge is 2.43. The normalized spacial score (nSPS) is 20.9. The molecule has 3 rings (SSSR count). The molecule has 29 heavy (non-hydrogen) atoms. The highest BCUT2D eigenvalue weighted by atomic mass is 79.9. The van der Waals surface area contributed by atoms with E-state index in [4.69, 9.17) is 4.74 Å². The molecular formula is C22H26BrNO4S. The van der Waals surface area contributed by atoms with E-state index in [1.54, 1.807) is 4.90 Å². The van der Waals surface area contributed by atoms with Crippen LogP contribution in [0.4, 0.5) is 4.79 Å². The second-order valence-electron chi connectivity index (χ2n) is 7.63. The summed E-state index contributed by atoms with van der Waals surface area (Å²) < 4.78 is 30.2. The lowest BCUT2D eigenvalue weighted by Gasteiger charge is -2.43. The number of cyclic esters (lactones) is 1. The van der Waals surface area contributed by atoms with E-state index in [2.05, 4.69) is 15.9 Å². The smallest absolute Gasteiger partial charge is 0.411 e. The molecule has 0 radical (unpaired) electrons. The van der Waals surface area contributed by atoms with Crippen molar-refractivity contribution in [3.05, 3.63) is 70.2 Å². The van der Waals surface area contributed by atoms with Crippen LogP contribution in [0.25, 0.3) is 0 Å². The van der Waals surface area contributed by atoms with E-state index in [1.807, 2.05) is 61.5 Å². The molecule has 0 saturated carbocycles. The number of sulfone groups is 1. The van der Waals surface area contributed by atoms with Crippen LogP contribution >= 0.6 is 15.9 Å². The molecule has 0 aliphatic carbocycles. The molecule has 2 aromatic carbocycles. The Morgan fingerprint density at radius 2 is 1.79 bits per heavy atom. The van der Waals surface area contributed by atoms with Gasteiger partial charge >= 0.3 is 6.09 Å². The SMILES string of the molecule is C[C@@H](c1ccc(Br)cc1)N1CC[C@](CCCS(C)(=O)=O)(c2ccccc2)OC1=O. The summed E-state index contributed by atoms with van der Waals surface area (Å²) in [4.78, 5) is 14.7. The van der Waals surface area contributed by atoms with Crippen LogP contribution in [0, 0.1) is 0 Å². The molecule has 5 nitrogen and oxygen atoms in total. The third-order valence-corrected chi connectivity index (χ3v) is 7.05. The minimum atomic E-state index is -3.07. The summed E-state index contributed by atoms with van der Waals surface area (Å²) in [5.74, 6) is 0.0815. The third kappa shape index (κ3) is 5.39. The molecule has 0 N–H and O–H groups in total. The summed E-state index contributed by atoms with van der Waals surface area (Å²) in [6.07, 6.45) is 2.42. The van der Waals surface area contributed by atoms with Gasteiger partial charge in [0.1, 0.15) is 15.4 Å². The molecule has 1 aliphatic rings. The van der Waals surface area contributed by atoms with Crippen LogP contribution in [-0.4, -0.2) is 38.0 Å². The highest BCUT2D eigenvalue weighted by molar-refractivity contribution is 9.10. The number of hydrogen-bond donors (Lipinski definition) is 0. The summed E-state index contributed by atoms with van der Waals surface area (Å²) in [6.45, 7) is 2.54. The molecule has 156 valence electrons. The zero-order chi connectivity index (χ0) is 21.1. The first-order valence-corrected chi connectivity index (χ1v) is 12.5. The van der Waals surface area contributed by atoms with Crippen molar-refractivity contribution in [1.29, 1.82) is 0 Å². The second kappa shape index (κ2) is 8.88. The minimum Gasteiger partial charge on any atom is -0.438 e. The van der Waals surface area contributed by atoms with Gasteiger partial charge in [-0.3, -0.25) is 0 Å². The Kier molecular flexibility index (Phi) is 6.69. The number of nitrogens with zero attached hydrogens (tertiary/aromatic N) is 1. The maximum atomic E-state index is 13.0. The number of amides is 1. The third-order valence-electron chi connectivity index (χ3n) is 5.49. The lowest BCUT2D eigenvalue weighted by Crippen LogP contribution is -2.48. The first-order chi connectivity index (χ1) is 13.7. The second-order valence-corrected chi connectivity index (χ2v) is 10.8. The Balaban J connectivity index is 1.80. The van der Waals surface area contributed by atoms with Crippen molar-refractivity contribution >= 4 is 31.9 Å². The van der Waals surface area contributed by atoms with Crippen LogP contribution < -0.4 is 0 Å².